The van der Waals surface area contributed by atoms with Gasteiger partial charge in [-0.2, -0.15) is 0 Å². The molecule has 8 aromatic carbocycles. The highest BCUT2D eigenvalue weighted by atomic mass is 32.1. The minimum atomic E-state index is -0.110. The van der Waals surface area contributed by atoms with Crippen LogP contribution in [0.5, 0.6) is 0 Å². The zero-order valence-corrected chi connectivity index (χ0v) is 43.1. The van der Waals surface area contributed by atoms with Gasteiger partial charge in [0.15, 0.2) is 0 Å². The van der Waals surface area contributed by atoms with Crippen molar-refractivity contribution in [3.05, 3.63) is 186 Å². The zero-order valence-electron chi connectivity index (χ0n) is 42.3. The van der Waals surface area contributed by atoms with Crippen LogP contribution in [0.25, 0.3) is 54.3 Å². The minimum absolute atomic E-state index is 0.00747. The third kappa shape index (κ3) is 6.33. The predicted molar refractivity (Wildman–Crippen MR) is 302 cm³/mol. The van der Waals surface area contributed by atoms with Gasteiger partial charge in [-0.1, -0.05) is 161 Å². The standard InChI is InChI=1S/C65H59BN2OS/c1-62(2,3)40-21-26-43(27-22-40)67-53-31-25-42(64(7,8)9)35-52(53)66-59-54(67)32-39(38-20-30-47-46-17-13-15-19-56(46)69-57(47)34-38)33-55(59)68(44-28-23-41(24-29-44)63(4,5)6)60-49-36-48-45-16-12-14-18-50(45)65(10,11)51(48)37-58(49)70-61(60)66/h12-37H,1-11H3. The summed E-state index contributed by atoms with van der Waals surface area (Å²) in [5, 5.41) is 3.58. The van der Waals surface area contributed by atoms with Gasteiger partial charge in [0.2, 0.25) is 0 Å². The van der Waals surface area contributed by atoms with E-state index in [4.69, 9.17) is 4.42 Å². The van der Waals surface area contributed by atoms with E-state index in [2.05, 4.69) is 244 Å². The highest BCUT2D eigenvalue weighted by Crippen LogP contribution is 2.54. The third-order valence-corrected chi connectivity index (χ3v) is 17.1. The van der Waals surface area contributed by atoms with Gasteiger partial charge in [0.25, 0.3) is 6.71 Å². The van der Waals surface area contributed by atoms with E-state index >= 15 is 0 Å². The maximum atomic E-state index is 6.60. The number of hydrogen-bond acceptors (Lipinski definition) is 4. The topological polar surface area (TPSA) is 19.6 Å². The molecule has 0 bridgehead atoms. The summed E-state index contributed by atoms with van der Waals surface area (Å²) in [6, 6.07) is 60.5. The molecule has 2 aromatic heterocycles. The summed E-state index contributed by atoms with van der Waals surface area (Å²) in [6.45, 7) is 25.7. The molecule has 0 radical (unpaired) electrons. The van der Waals surface area contributed by atoms with E-state index in [9.17, 15) is 0 Å². The molecule has 70 heavy (non-hydrogen) atoms. The van der Waals surface area contributed by atoms with Crippen molar-refractivity contribution < 1.29 is 4.42 Å². The third-order valence-electron chi connectivity index (χ3n) is 15.9. The first-order valence-corrected chi connectivity index (χ1v) is 25.9. The van der Waals surface area contributed by atoms with Gasteiger partial charge < -0.3 is 14.2 Å². The summed E-state index contributed by atoms with van der Waals surface area (Å²) in [6.07, 6.45) is 0. The van der Waals surface area contributed by atoms with Crippen molar-refractivity contribution in [3.8, 4) is 22.3 Å². The smallest absolute Gasteiger partial charge is 0.264 e. The van der Waals surface area contributed by atoms with Gasteiger partial charge in [-0.25, -0.2) is 0 Å². The fourth-order valence-electron chi connectivity index (χ4n) is 12.0. The first kappa shape index (κ1) is 43.2. The van der Waals surface area contributed by atoms with Gasteiger partial charge >= 0.3 is 0 Å². The molecule has 0 saturated carbocycles. The molecule has 13 rings (SSSR count). The Morgan fingerprint density at radius 1 is 0.471 bits per heavy atom. The number of para-hydroxylation sites is 1. The van der Waals surface area contributed by atoms with Crippen LogP contribution in [0, 0.1) is 0 Å². The van der Waals surface area contributed by atoms with E-state index < -0.39 is 0 Å². The van der Waals surface area contributed by atoms with Crippen LogP contribution in [0.15, 0.2) is 162 Å². The van der Waals surface area contributed by atoms with Crippen molar-refractivity contribution in [1.29, 1.82) is 0 Å². The van der Waals surface area contributed by atoms with Crippen molar-refractivity contribution >= 4 is 99.9 Å². The van der Waals surface area contributed by atoms with Gasteiger partial charge in [0, 0.05) is 59.5 Å². The van der Waals surface area contributed by atoms with Gasteiger partial charge in [-0.3, -0.25) is 0 Å². The number of fused-ring (bicyclic) bond motifs is 12. The Kier molecular flexibility index (Phi) is 9.03. The van der Waals surface area contributed by atoms with Crippen molar-refractivity contribution in [1.82, 2.24) is 0 Å². The van der Waals surface area contributed by atoms with Crippen LogP contribution in [-0.2, 0) is 21.7 Å². The molecule has 2 aliphatic heterocycles. The van der Waals surface area contributed by atoms with Crippen molar-refractivity contribution in [2.24, 2.45) is 0 Å². The molecule has 0 amide bonds. The second kappa shape index (κ2) is 14.6. The summed E-state index contributed by atoms with van der Waals surface area (Å²) in [4.78, 5) is 5.21. The molecule has 0 saturated heterocycles. The Labute approximate surface area is 417 Å². The first-order chi connectivity index (χ1) is 33.3. The largest absolute Gasteiger partial charge is 0.456 e. The molecule has 10 aromatic rings. The molecule has 4 heterocycles. The average Bonchev–Trinajstić information content (AvgIpc) is 3.96. The van der Waals surface area contributed by atoms with Gasteiger partial charge in [-0.05, 0) is 150 Å². The fraction of sp³-hybridized carbons (Fsp3) is 0.231. The van der Waals surface area contributed by atoms with Crippen LogP contribution in [-0.4, -0.2) is 6.71 Å². The SMILES string of the molecule is CC(C)(C)c1ccc(N2c3ccc(C(C)(C)C)cc3B3c4sc5cc6c(cc5c4N(c4ccc(C(C)(C)C)cc4)c4cc(-c5ccc7c(c5)oc5ccccc57)cc2c43)-c2ccccc2C6(C)C)cc1. The lowest BCUT2D eigenvalue weighted by molar-refractivity contribution is 0.590. The molecule has 3 nitrogen and oxygen atoms in total. The first-order valence-electron chi connectivity index (χ1n) is 25.1. The zero-order chi connectivity index (χ0) is 48.4. The van der Waals surface area contributed by atoms with E-state index in [1.807, 2.05) is 11.3 Å². The Morgan fingerprint density at radius 2 is 1.07 bits per heavy atom. The number of thiophene rings is 1. The van der Waals surface area contributed by atoms with Gasteiger partial charge in [-0.15, -0.1) is 11.3 Å². The Morgan fingerprint density at radius 3 is 1.76 bits per heavy atom. The summed E-state index contributed by atoms with van der Waals surface area (Å²) in [5.74, 6) is 0. The molecule has 5 heteroatoms. The quantitative estimate of drug-likeness (QED) is 0.165. The molecular weight excluding hydrogens is 868 g/mol. The summed E-state index contributed by atoms with van der Waals surface area (Å²) in [7, 11) is 0. The fourth-order valence-corrected chi connectivity index (χ4v) is 13.3. The predicted octanol–water partition coefficient (Wildman–Crippen LogP) is 16.7. The van der Waals surface area contributed by atoms with E-state index in [0.717, 1.165) is 44.4 Å². The van der Waals surface area contributed by atoms with Crippen molar-refractivity contribution in [2.45, 2.75) is 97.8 Å². The Bertz CT molecular complexity index is 3810. The molecule has 0 unspecified atom stereocenters. The lowest BCUT2D eigenvalue weighted by Gasteiger charge is -2.44. The number of nitrogens with zero attached hydrogens (tertiary/aromatic N) is 2. The normalized spacial score (nSPS) is 14.8. The van der Waals surface area contributed by atoms with Crippen LogP contribution in [0.4, 0.5) is 34.1 Å². The Hall–Kier alpha value is -6.82. The second-order valence-electron chi connectivity index (χ2n) is 23.8. The summed E-state index contributed by atoms with van der Waals surface area (Å²) < 4.78 is 9.32. The molecule has 0 spiro atoms. The van der Waals surface area contributed by atoms with E-state index in [-0.39, 0.29) is 28.4 Å². The highest BCUT2D eigenvalue weighted by molar-refractivity contribution is 7.33. The molecule has 0 fully saturated rings. The molecule has 1 aliphatic carbocycles. The monoisotopic (exact) mass is 926 g/mol. The minimum Gasteiger partial charge on any atom is -0.456 e. The van der Waals surface area contributed by atoms with Crippen LogP contribution in [0.3, 0.4) is 0 Å². The molecule has 0 N–H and O–H groups in total. The molecule has 0 atom stereocenters. The lowest BCUT2D eigenvalue weighted by Crippen LogP contribution is -2.60. The second-order valence-corrected chi connectivity index (χ2v) is 24.9. The molecular formula is C65H59BN2OS. The molecule has 344 valence electrons. The Balaban J connectivity index is 1.15. The molecule has 3 aliphatic rings. The van der Waals surface area contributed by atoms with Gasteiger partial charge in [0.05, 0.1) is 5.69 Å². The summed E-state index contributed by atoms with van der Waals surface area (Å²) >= 11 is 2.00. The van der Waals surface area contributed by atoms with Crippen LogP contribution in [0.2, 0.25) is 0 Å². The maximum absolute atomic E-state index is 6.60. The van der Waals surface area contributed by atoms with E-state index in [1.165, 1.54) is 87.5 Å². The maximum Gasteiger partial charge on any atom is 0.264 e. The van der Waals surface area contributed by atoms with Crippen LogP contribution in [0.1, 0.15) is 104 Å². The van der Waals surface area contributed by atoms with Crippen LogP contribution >= 0.6 is 11.3 Å². The van der Waals surface area contributed by atoms with E-state index in [0.29, 0.717) is 0 Å². The van der Waals surface area contributed by atoms with E-state index in [1.54, 1.807) is 0 Å². The van der Waals surface area contributed by atoms with Crippen molar-refractivity contribution in [3.63, 3.8) is 0 Å². The summed E-state index contributed by atoms with van der Waals surface area (Å²) in [5.41, 5.74) is 23.4. The number of benzene rings is 8. The van der Waals surface area contributed by atoms with Crippen molar-refractivity contribution in [2.75, 3.05) is 9.80 Å². The van der Waals surface area contributed by atoms with Gasteiger partial charge in [0.1, 0.15) is 11.2 Å². The number of anilines is 6. The number of hydrogen-bond donors (Lipinski definition) is 0. The average molecular weight is 927 g/mol. The lowest BCUT2D eigenvalue weighted by atomic mass is 9.36. The number of furan rings is 1. The highest BCUT2D eigenvalue weighted by Gasteiger charge is 2.47. The van der Waals surface area contributed by atoms with Crippen LogP contribution < -0.4 is 25.5 Å². The number of rotatable bonds is 3.